The Hall–Kier alpha value is -2.73. The summed E-state index contributed by atoms with van der Waals surface area (Å²) in [4.78, 5) is 17.6. The van der Waals surface area contributed by atoms with Gasteiger partial charge in [0, 0.05) is 50.6 Å². The molecule has 1 heterocycles. The Kier molecular flexibility index (Phi) is 7.53. The zero-order valence-electron chi connectivity index (χ0n) is 19.3. The van der Waals surface area contributed by atoms with Crippen LogP contribution in [0.1, 0.15) is 25.3 Å². The lowest BCUT2D eigenvalue weighted by atomic mass is 10.1. The fourth-order valence-corrected chi connectivity index (χ4v) is 4.24. The van der Waals surface area contributed by atoms with E-state index in [4.69, 9.17) is 4.74 Å². The molecule has 1 saturated carbocycles. The molecule has 0 bridgehead atoms. The fourth-order valence-electron chi connectivity index (χ4n) is 4.24. The molecular weight excluding hydrogens is 400 g/mol. The van der Waals surface area contributed by atoms with Crippen molar-refractivity contribution in [2.75, 3.05) is 56.6 Å². The second-order valence-electron chi connectivity index (χ2n) is 9.04. The van der Waals surface area contributed by atoms with Gasteiger partial charge in [-0.25, -0.2) is 0 Å². The van der Waals surface area contributed by atoms with Crippen LogP contribution in [-0.4, -0.2) is 63.2 Å². The summed E-state index contributed by atoms with van der Waals surface area (Å²) in [5, 5.41) is 6.40. The zero-order valence-corrected chi connectivity index (χ0v) is 19.3. The van der Waals surface area contributed by atoms with E-state index in [0.717, 1.165) is 50.0 Å². The molecule has 1 aliphatic carbocycles. The highest BCUT2D eigenvalue weighted by Crippen LogP contribution is 2.30. The molecule has 2 N–H and O–H groups in total. The summed E-state index contributed by atoms with van der Waals surface area (Å²) < 4.78 is 5.18. The SMILES string of the molecule is COc1ccc(CCNC(=O)[C@@H](C)Nc2cccc(N3CCN(CC4CC4)CC3)c2)cc1. The minimum absolute atomic E-state index is 0.0117. The van der Waals surface area contributed by atoms with E-state index in [1.165, 1.54) is 30.6 Å². The molecule has 2 fully saturated rings. The van der Waals surface area contributed by atoms with E-state index >= 15 is 0 Å². The Morgan fingerprint density at radius 2 is 1.84 bits per heavy atom. The predicted molar refractivity (Wildman–Crippen MR) is 131 cm³/mol. The average Bonchev–Trinajstić information content (AvgIpc) is 3.64. The molecule has 6 heteroatoms. The molecule has 32 heavy (non-hydrogen) atoms. The highest BCUT2D eigenvalue weighted by atomic mass is 16.5. The summed E-state index contributed by atoms with van der Waals surface area (Å²) in [6, 6.07) is 16.1. The number of rotatable bonds is 10. The van der Waals surface area contributed by atoms with Crippen LogP contribution in [0.5, 0.6) is 5.75 Å². The number of nitrogens with zero attached hydrogens (tertiary/aromatic N) is 2. The summed E-state index contributed by atoms with van der Waals surface area (Å²) >= 11 is 0. The maximum Gasteiger partial charge on any atom is 0.242 e. The van der Waals surface area contributed by atoms with Crippen LogP contribution in [0.2, 0.25) is 0 Å². The van der Waals surface area contributed by atoms with Gasteiger partial charge in [0.05, 0.1) is 7.11 Å². The van der Waals surface area contributed by atoms with E-state index in [2.05, 4.69) is 38.6 Å². The molecule has 6 nitrogen and oxygen atoms in total. The minimum Gasteiger partial charge on any atom is -0.497 e. The van der Waals surface area contributed by atoms with Crippen molar-refractivity contribution >= 4 is 17.3 Å². The Morgan fingerprint density at radius 1 is 1.09 bits per heavy atom. The highest BCUT2D eigenvalue weighted by molar-refractivity contribution is 5.84. The molecule has 1 aliphatic heterocycles. The second kappa shape index (κ2) is 10.7. The van der Waals surface area contributed by atoms with Gasteiger partial charge in [-0.1, -0.05) is 18.2 Å². The van der Waals surface area contributed by atoms with Gasteiger partial charge >= 0.3 is 0 Å². The van der Waals surface area contributed by atoms with Crippen LogP contribution in [0.15, 0.2) is 48.5 Å². The number of carbonyl (C=O) groups is 1. The van der Waals surface area contributed by atoms with Crippen LogP contribution >= 0.6 is 0 Å². The third-order valence-corrected chi connectivity index (χ3v) is 6.45. The van der Waals surface area contributed by atoms with Gasteiger partial charge in [0.15, 0.2) is 0 Å². The molecule has 0 unspecified atom stereocenters. The van der Waals surface area contributed by atoms with Crippen molar-refractivity contribution in [2.24, 2.45) is 5.92 Å². The van der Waals surface area contributed by atoms with E-state index in [1.807, 2.05) is 37.3 Å². The molecule has 4 rings (SSSR count). The fraction of sp³-hybridized carbons (Fsp3) is 0.500. The maximum absolute atomic E-state index is 12.5. The van der Waals surface area contributed by atoms with Crippen LogP contribution in [0, 0.1) is 5.92 Å². The molecule has 2 aromatic rings. The topological polar surface area (TPSA) is 56.8 Å². The zero-order chi connectivity index (χ0) is 22.3. The molecular formula is C26H36N4O2. The first kappa shape index (κ1) is 22.5. The summed E-state index contributed by atoms with van der Waals surface area (Å²) in [5.74, 6) is 1.81. The van der Waals surface area contributed by atoms with Gasteiger partial charge in [-0.3, -0.25) is 9.69 Å². The lowest BCUT2D eigenvalue weighted by Gasteiger charge is -2.36. The van der Waals surface area contributed by atoms with Crippen LogP contribution in [0.25, 0.3) is 0 Å². The molecule has 2 aromatic carbocycles. The predicted octanol–water partition coefficient (Wildman–Crippen LogP) is 3.39. The number of carbonyl (C=O) groups excluding carboxylic acids is 1. The number of hydrogen-bond acceptors (Lipinski definition) is 5. The summed E-state index contributed by atoms with van der Waals surface area (Å²) in [6.07, 6.45) is 3.63. The number of ether oxygens (including phenoxy) is 1. The number of benzene rings is 2. The normalized spacial score (nSPS) is 17.6. The Morgan fingerprint density at radius 3 is 2.53 bits per heavy atom. The first-order valence-electron chi connectivity index (χ1n) is 11.9. The van der Waals surface area contributed by atoms with Gasteiger partial charge in [0.25, 0.3) is 0 Å². The van der Waals surface area contributed by atoms with Crippen molar-refractivity contribution < 1.29 is 9.53 Å². The van der Waals surface area contributed by atoms with Crippen molar-refractivity contribution in [2.45, 2.75) is 32.2 Å². The van der Waals surface area contributed by atoms with Gasteiger partial charge in [-0.05, 0) is 68.0 Å². The standard InChI is InChI=1S/C26H36N4O2/c1-20(26(31)27-13-12-21-8-10-25(32-2)11-9-21)28-23-4-3-5-24(18-23)30-16-14-29(15-17-30)19-22-6-7-22/h3-5,8-11,18,20,22,28H,6-7,12-17,19H2,1-2H3,(H,27,31)/t20-/m1/s1. The minimum atomic E-state index is -0.295. The number of anilines is 2. The summed E-state index contributed by atoms with van der Waals surface area (Å²) in [6.45, 7) is 8.21. The first-order chi connectivity index (χ1) is 15.6. The smallest absolute Gasteiger partial charge is 0.242 e. The molecule has 0 spiro atoms. The molecule has 0 aromatic heterocycles. The molecule has 172 valence electrons. The first-order valence-corrected chi connectivity index (χ1v) is 11.9. The van der Waals surface area contributed by atoms with Gasteiger partial charge in [0.2, 0.25) is 5.91 Å². The highest BCUT2D eigenvalue weighted by Gasteiger charge is 2.26. The molecule has 1 saturated heterocycles. The number of nitrogens with one attached hydrogen (secondary N) is 2. The van der Waals surface area contributed by atoms with Crippen molar-refractivity contribution in [3.63, 3.8) is 0 Å². The molecule has 1 atom stereocenters. The third-order valence-electron chi connectivity index (χ3n) is 6.45. The maximum atomic E-state index is 12.5. The summed E-state index contributed by atoms with van der Waals surface area (Å²) in [5.41, 5.74) is 3.39. The Bertz CT molecular complexity index is 874. The lowest BCUT2D eigenvalue weighted by Crippen LogP contribution is -2.47. The van der Waals surface area contributed by atoms with E-state index in [1.54, 1.807) is 7.11 Å². The number of piperazine rings is 1. The van der Waals surface area contributed by atoms with Crippen LogP contribution in [-0.2, 0) is 11.2 Å². The van der Waals surface area contributed by atoms with Gasteiger partial charge in [0.1, 0.15) is 11.8 Å². The summed E-state index contributed by atoms with van der Waals surface area (Å²) in [7, 11) is 1.66. The van der Waals surface area contributed by atoms with E-state index in [9.17, 15) is 4.79 Å². The van der Waals surface area contributed by atoms with E-state index in [0.29, 0.717) is 6.54 Å². The Balaban J connectivity index is 1.22. The number of hydrogen-bond donors (Lipinski definition) is 2. The third kappa shape index (κ3) is 6.39. The quantitative estimate of drug-likeness (QED) is 0.598. The molecule has 2 aliphatic rings. The lowest BCUT2D eigenvalue weighted by molar-refractivity contribution is -0.121. The van der Waals surface area contributed by atoms with Crippen LogP contribution in [0.3, 0.4) is 0 Å². The number of amides is 1. The molecule has 1 amide bonds. The van der Waals surface area contributed by atoms with E-state index < -0.39 is 0 Å². The van der Waals surface area contributed by atoms with E-state index in [-0.39, 0.29) is 11.9 Å². The number of methoxy groups -OCH3 is 1. The second-order valence-corrected chi connectivity index (χ2v) is 9.04. The van der Waals surface area contributed by atoms with Crippen molar-refractivity contribution in [3.05, 3.63) is 54.1 Å². The van der Waals surface area contributed by atoms with Crippen LogP contribution < -0.4 is 20.3 Å². The van der Waals surface area contributed by atoms with Gasteiger partial charge in [-0.2, -0.15) is 0 Å². The van der Waals surface area contributed by atoms with Crippen molar-refractivity contribution in [3.8, 4) is 5.75 Å². The Labute approximate surface area is 191 Å². The van der Waals surface area contributed by atoms with Crippen molar-refractivity contribution in [1.29, 1.82) is 0 Å². The largest absolute Gasteiger partial charge is 0.497 e. The molecule has 0 radical (unpaired) electrons. The monoisotopic (exact) mass is 436 g/mol. The average molecular weight is 437 g/mol. The van der Waals surface area contributed by atoms with Gasteiger partial charge in [-0.15, -0.1) is 0 Å². The van der Waals surface area contributed by atoms with Crippen LogP contribution in [0.4, 0.5) is 11.4 Å². The van der Waals surface area contributed by atoms with Crippen molar-refractivity contribution in [1.82, 2.24) is 10.2 Å². The van der Waals surface area contributed by atoms with Gasteiger partial charge < -0.3 is 20.3 Å².